The van der Waals surface area contributed by atoms with Crippen LogP contribution < -0.4 is 5.73 Å². The zero-order chi connectivity index (χ0) is 12.8. The Balaban J connectivity index is 2.43. The van der Waals surface area contributed by atoms with E-state index in [4.69, 9.17) is 5.73 Å². The van der Waals surface area contributed by atoms with Crippen LogP contribution >= 0.6 is 0 Å². The molecule has 0 radical (unpaired) electrons. The maximum absolute atomic E-state index is 11.3. The van der Waals surface area contributed by atoms with E-state index in [-0.39, 0.29) is 5.91 Å². The summed E-state index contributed by atoms with van der Waals surface area (Å²) in [6.45, 7) is 11.8. The zero-order valence-electron chi connectivity index (χ0n) is 11.5. The molecule has 0 aromatic rings. The molecular weight excluding hydrogens is 214 g/mol. The number of nitrogens with zero attached hydrogens (tertiary/aromatic N) is 2. The van der Waals surface area contributed by atoms with Crippen molar-refractivity contribution in [3.63, 3.8) is 0 Å². The molecule has 2 N–H and O–H groups in total. The van der Waals surface area contributed by atoms with Crippen molar-refractivity contribution in [2.24, 2.45) is 17.6 Å². The number of carbonyl (C=O) groups is 1. The van der Waals surface area contributed by atoms with Gasteiger partial charge in [-0.1, -0.05) is 13.8 Å². The fourth-order valence-corrected chi connectivity index (χ4v) is 2.36. The van der Waals surface area contributed by atoms with Crippen molar-refractivity contribution in [1.82, 2.24) is 9.80 Å². The summed E-state index contributed by atoms with van der Waals surface area (Å²) in [5, 5.41) is 0. The maximum Gasteiger partial charge on any atom is 0.219 e. The van der Waals surface area contributed by atoms with Crippen LogP contribution in [-0.2, 0) is 4.79 Å². The molecule has 1 aliphatic rings. The minimum atomic E-state index is 0.200. The lowest BCUT2D eigenvalue weighted by molar-refractivity contribution is -0.128. The van der Waals surface area contributed by atoms with E-state index in [0.717, 1.165) is 45.7 Å². The summed E-state index contributed by atoms with van der Waals surface area (Å²) in [6, 6.07) is 0. The molecule has 0 saturated carbocycles. The average Bonchev–Trinajstić information content (AvgIpc) is 2.50. The highest BCUT2D eigenvalue weighted by Gasteiger charge is 2.20. The predicted octanol–water partition coefficient (Wildman–Crippen LogP) is 0.772. The molecule has 100 valence electrons. The molecule has 1 atom stereocenters. The van der Waals surface area contributed by atoms with Gasteiger partial charge >= 0.3 is 0 Å². The third-order valence-electron chi connectivity index (χ3n) is 3.77. The molecule has 0 aromatic carbocycles. The first-order valence-electron chi connectivity index (χ1n) is 6.72. The van der Waals surface area contributed by atoms with Crippen molar-refractivity contribution in [3.05, 3.63) is 0 Å². The smallest absolute Gasteiger partial charge is 0.219 e. The lowest BCUT2D eigenvalue weighted by atomic mass is 9.95. The molecule has 0 spiro atoms. The number of hydrogen-bond acceptors (Lipinski definition) is 3. The highest BCUT2D eigenvalue weighted by Crippen LogP contribution is 2.13. The summed E-state index contributed by atoms with van der Waals surface area (Å²) in [4.78, 5) is 15.7. The number of nitrogens with two attached hydrogens (primary N) is 1. The van der Waals surface area contributed by atoms with Crippen LogP contribution in [0.15, 0.2) is 0 Å². The molecule has 1 unspecified atom stereocenters. The second-order valence-corrected chi connectivity index (χ2v) is 5.40. The molecule has 1 saturated heterocycles. The van der Waals surface area contributed by atoms with Crippen molar-refractivity contribution in [2.75, 3.05) is 39.3 Å². The third kappa shape index (κ3) is 4.64. The van der Waals surface area contributed by atoms with Crippen molar-refractivity contribution < 1.29 is 4.79 Å². The first-order chi connectivity index (χ1) is 8.04. The SMILES string of the molecule is CC(=O)N1CCCN(CC(CN)C(C)C)CC1. The van der Waals surface area contributed by atoms with Gasteiger partial charge in [-0.25, -0.2) is 0 Å². The second-order valence-electron chi connectivity index (χ2n) is 5.40. The molecule has 0 aromatic heterocycles. The van der Waals surface area contributed by atoms with Gasteiger partial charge in [0.05, 0.1) is 0 Å². The minimum absolute atomic E-state index is 0.200. The third-order valence-corrected chi connectivity index (χ3v) is 3.77. The Morgan fingerprint density at radius 1 is 1.24 bits per heavy atom. The van der Waals surface area contributed by atoms with E-state index in [9.17, 15) is 4.79 Å². The quantitative estimate of drug-likeness (QED) is 0.791. The van der Waals surface area contributed by atoms with E-state index in [1.807, 2.05) is 4.90 Å². The summed E-state index contributed by atoms with van der Waals surface area (Å²) < 4.78 is 0. The molecule has 1 heterocycles. The average molecular weight is 241 g/mol. The van der Waals surface area contributed by atoms with E-state index >= 15 is 0 Å². The van der Waals surface area contributed by atoms with Gasteiger partial charge in [-0.3, -0.25) is 4.79 Å². The van der Waals surface area contributed by atoms with E-state index < -0.39 is 0 Å². The van der Waals surface area contributed by atoms with Crippen molar-refractivity contribution in [1.29, 1.82) is 0 Å². The van der Waals surface area contributed by atoms with Crippen LogP contribution in [0.3, 0.4) is 0 Å². The van der Waals surface area contributed by atoms with Crippen LogP contribution in [0.1, 0.15) is 27.2 Å². The summed E-state index contributed by atoms with van der Waals surface area (Å²) in [7, 11) is 0. The van der Waals surface area contributed by atoms with Gasteiger partial charge in [0.2, 0.25) is 5.91 Å². The van der Waals surface area contributed by atoms with Crippen molar-refractivity contribution in [3.8, 4) is 0 Å². The fraction of sp³-hybridized carbons (Fsp3) is 0.923. The van der Waals surface area contributed by atoms with Gasteiger partial charge in [0.25, 0.3) is 0 Å². The van der Waals surface area contributed by atoms with Crippen LogP contribution in [-0.4, -0.2) is 55.0 Å². The molecule has 4 heteroatoms. The Labute approximate surface area is 105 Å². The standard InChI is InChI=1S/C13H27N3O/c1-11(2)13(9-14)10-15-5-4-6-16(8-7-15)12(3)17/h11,13H,4-10,14H2,1-3H3. The molecule has 1 rings (SSSR count). The monoisotopic (exact) mass is 241 g/mol. The van der Waals surface area contributed by atoms with Gasteiger partial charge in [-0.05, 0) is 31.3 Å². The Kier molecular flexibility index (Phi) is 5.92. The molecular formula is C13H27N3O. The Morgan fingerprint density at radius 2 is 1.94 bits per heavy atom. The van der Waals surface area contributed by atoms with E-state index in [2.05, 4.69) is 18.7 Å². The van der Waals surface area contributed by atoms with E-state index in [0.29, 0.717) is 11.8 Å². The summed E-state index contributed by atoms with van der Waals surface area (Å²) in [5.74, 6) is 1.40. The summed E-state index contributed by atoms with van der Waals surface area (Å²) in [6.07, 6.45) is 1.08. The number of rotatable bonds is 4. The highest BCUT2D eigenvalue weighted by molar-refractivity contribution is 5.73. The normalized spacial score (nSPS) is 20.4. The summed E-state index contributed by atoms with van der Waals surface area (Å²) >= 11 is 0. The Bertz CT molecular complexity index is 243. The van der Waals surface area contributed by atoms with Crippen LogP contribution in [0.4, 0.5) is 0 Å². The van der Waals surface area contributed by atoms with E-state index in [1.165, 1.54) is 0 Å². The van der Waals surface area contributed by atoms with Gasteiger partial charge in [0.15, 0.2) is 0 Å². The number of hydrogen-bond donors (Lipinski definition) is 1. The van der Waals surface area contributed by atoms with Crippen LogP contribution in [0, 0.1) is 11.8 Å². The molecule has 1 aliphatic heterocycles. The van der Waals surface area contributed by atoms with Gasteiger partial charge in [-0.2, -0.15) is 0 Å². The lowest BCUT2D eigenvalue weighted by Crippen LogP contribution is -2.38. The lowest BCUT2D eigenvalue weighted by Gasteiger charge is -2.27. The van der Waals surface area contributed by atoms with E-state index in [1.54, 1.807) is 6.92 Å². The van der Waals surface area contributed by atoms with Crippen molar-refractivity contribution >= 4 is 5.91 Å². The first-order valence-corrected chi connectivity index (χ1v) is 6.72. The fourth-order valence-electron chi connectivity index (χ4n) is 2.36. The van der Waals surface area contributed by atoms with Gasteiger partial charge in [-0.15, -0.1) is 0 Å². The second kappa shape index (κ2) is 6.97. The topological polar surface area (TPSA) is 49.6 Å². The first kappa shape index (κ1) is 14.5. The van der Waals surface area contributed by atoms with Crippen LogP contribution in [0.5, 0.6) is 0 Å². The molecule has 1 amide bonds. The van der Waals surface area contributed by atoms with Gasteiger partial charge in [0, 0.05) is 33.1 Å². The number of amides is 1. The van der Waals surface area contributed by atoms with Crippen LogP contribution in [0.2, 0.25) is 0 Å². The van der Waals surface area contributed by atoms with Gasteiger partial charge < -0.3 is 15.5 Å². The predicted molar refractivity (Wildman–Crippen MR) is 70.7 cm³/mol. The van der Waals surface area contributed by atoms with Gasteiger partial charge in [0.1, 0.15) is 0 Å². The highest BCUT2D eigenvalue weighted by atomic mass is 16.2. The minimum Gasteiger partial charge on any atom is -0.342 e. The largest absolute Gasteiger partial charge is 0.342 e. The Morgan fingerprint density at radius 3 is 2.47 bits per heavy atom. The molecule has 1 fully saturated rings. The molecule has 0 bridgehead atoms. The number of carbonyl (C=O) groups excluding carboxylic acids is 1. The molecule has 17 heavy (non-hydrogen) atoms. The maximum atomic E-state index is 11.3. The zero-order valence-corrected chi connectivity index (χ0v) is 11.5. The summed E-state index contributed by atoms with van der Waals surface area (Å²) in [5.41, 5.74) is 5.81. The van der Waals surface area contributed by atoms with Crippen molar-refractivity contribution in [2.45, 2.75) is 27.2 Å². The Hall–Kier alpha value is -0.610. The van der Waals surface area contributed by atoms with Crippen LogP contribution in [0.25, 0.3) is 0 Å². The molecule has 4 nitrogen and oxygen atoms in total. The molecule has 0 aliphatic carbocycles.